The number of rotatable bonds is 6. The van der Waals surface area contributed by atoms with Gasteiger partial charge in [0.05, 0.1) is 0 Å². The van der Waals surface area contributed by atoms with E-state index in [2.05, 4.69) is 32.7 Å². The zero-order chi connectivity index (χ0) is 14.4. The molecule has 0 bridgehead atoms. The fourth-order valence-corrected chi connectivity index (χ4v) is 2.57. The van der Waals surface area contributed by atoms with Crippen LogP contribution in [0.5, 0.6) is 0 Å². The van der Waals surface area contributed by atoms with Crippen molar-refractivity contribution in [2.24, 2.45) is 0 Å². The minimum absolute atomic E-state index is 0.150. The second-order valence-electron chi connectivity index (χ2n) is 4.97. The van der Waals surface area contributed by atoms with Gasteiger partial charge in [-0.1, -0.05) is 6.92 Å². The van der Waals surface area contributed by atoms with E-state index in [0.717, 1.165) is 26.1 Å². The van der Waals surface area contributed by atoms with Gasteiger partial charge >= 0.3 is 0 Å². The Morgan fingerprint density at radius 3 is 2.90 bits per heavy atom. The molecule has 1 atom stereocenters. The van der Waals surface area contributed by atoms with Crippen LogP contribution in [0.1, 0.15) is 37.2 Å². The Balaban J connectivity index is 1.85. The Kier molecular flexibility index (Phi) is 5.29. The first-order valence-corrected chi connectivity index (χ1v) is 7.34. The van der Waals surface area contributed by atoms with Crippen LogP contribution in [0.25, 0.3) is 0 Å². The van der Waals surface area contributed by atoms with E-state index in [1.807, 2.05) is 6.92 Å². The Morgan fingerprint density at radius 2 is 2.25 bits per heavy atom. The summed E-state index contributed by atoms with van der Waals surface area (Å²) < 4.78 is 0. The first-order chi connectivity index (χ1) is 9.74. The molecule has 1 aromatic rings. The first kappa shape index (κ1) is 14.7. The molecular weight excluding hydrogens is 254 g/mol. The lowest BCUT2D eigenvalue weighted by Gasteiger charge is -2.22. The maximum Gasteiger partial charge on any atom is 0.271 e. The average molecular weight is 277 g/mol. The number of hydrogen-bond donors (Lipinski definition) is 2. The Morgan fingerprint density at radius 1 is 1.40 bits per heavy atom. The fourth-order valence-electron chi connectivity index (χ4n) is 2.57. The SMILES string of the molecule is CCNc1ccc(C(=O)NCC2CCCN2CC)nn1. The second kappa shape index (κ2) is 7.19. The molecule has 1 saturated heterocycles. The molecule has 1 unspecified atom stereocenters. The molecular formula is C14H23N5O. The molecule has 0 aliphatic carbocycles. The Hall–Kier alpha value is -1.69. The van der Waals surface area contributed by atoms with E-state index >= 15 is 0 Å². The lowest BCUT2D eigenvalue weighted by molar-refractivity contribution is 0.0935. The lowest BCUT2D eigenvalue weighted by Crippen LogP contribution is -2.40. The predicted molar refractivity (Wildman–Crippen MR) is 78.8 cm³/mol. The van der Waals surface area contributed by atoms with Gasteiger partial charge in [0.25, 0.3) is 5.91 Å². The van der Waals surface area contributed by atoms with Gasteiger partial charge in [-0.3, -0.25) is 9.69 Å². The third-order valence-electron chi connectivity index (χ3n) is 3.66. The number of hydrogen-bond acceptors (Lipinski definition) is 5. The summed E-state index contributed by atoms with van der Waals surface area (Å²) in [5, 5.41) is 13.9. The molecule has 0 saturated carbocycles. The molecule has 6 heteroatoms. The van der Waals surface area contributed by atoms with Crippen LogP contribution in [0.4, 0.5) is 5.82 Å². The largest absolute Gasteiger partial charge is 0.369 e. The molecule has 0 aromatic carbocycles. The molecule has 1 aliphatic rings. The highest BCUT2D eigenvalue weighted by Crippen LogP contribution is 2.15. The summed E-state index contributed by atoms with van der Waals surface area (Å²) >= 11 is 0. The van der Waals surface area contributed by atoms with Gasteiger partial charge in [0.2, 0.25) is 0 Å². The molecule has 1 aliphatic heterocycles. The van der Waals surface area contributed by atoms with Gasteiger partial charge in [-0.05, 0) is 45.0 Å². The van der Waals surface area contributed by atoms with Crippen LogP contribution in [0.2, 0.25) is 0 Å². The van der Waals surface area contributed by atoms with Crippen molar-refractivity contribution in [1.29, 1.82) is 0 Å². The molecule has 20 heavy (non-hydrogen) atoms. The zero-order valence-electron chi connectivity index (χ0n) is 12.2. The number of aromatic nitrogens is 2. The van der Waals surface area contributed by atoms with Crippen molar-refractivity contribution < 1.29 is 4.79 Å². The number of carbonyl (C=O) groups is 1. The zero-order valence-corrected chi connectivity index (χ0v) is 12.2. The highest BCUT2D eigenvalue weighted by atomic mass is 16.1. The highest BCUT2D eigenvalue weighted by Gasteiger charge is 2.23. The maximum atomic E-state index is 12.0. The lowest BCUT2D eigenvalue weighted by atomic mass is 10.2. The van der Waals surface area contributed by atoms with Crippen molar-refractivity contribution in [2.75, 3.05) is 31.5 Å². The van der Waals surface area contributed by atoms with Gasteiger partial charge in [0.1, 0.15) is 5.82 Å². The minimum atomic E-state index is -0.150. The molecule has 0 spiro atoms. The summed E-state index contributed by atoms with van der Waals surface area (Å²) in [5.41, 5.74) is 0.368. The summed E-state index contributed by atoms with van der Waals surface area (Å²) in [6, 6.07) is 3.93. The van der Waals surface area contributed by atoms with Crippen molar-refractivity contribution in [2.45, 2.75) is 32.7 Å². The van der Waals surface area contributed by atoms with Crippen LogP contribution in [0.15, 0.2) is 12.1 Å². The highest BCUT2D eigenvalue weighted by molar-refractivity contribution is 5.92. The van der Waals surface area contributed by atoms with Gasteiger partial charge < -0.3 is 10.6 Å². The van der Waals surface area contributed by atoms with E-state index in [9.17, 15) is 4.79 Å². The quantitative estimate of drug-likeness (QED) is 0.815. The number of nitrogens with one attached hydrogen (secondary N) is 2. The summed E-state index contributed by atoms with van der Waals surface area (Å²) in [7, 11) is 0. The van der Waals surface area contributed by atoms with Crippen LogP contribution >= 0.6 is 0 Å². The van der Waals surface area contributed by atoms with Crippen LogP contribution in [0.3, 0.4) is 0 Å². The van der Waals surface area contributed by atoms with Gasteiger partial charge in [-0.15, -0.1) is 10.2 Å². The molecule has 1 fully saturated rings. The molecule has 1 amide bonds. The van der Waals surface area contributed by atoms with Crippen molar-refractivity contribution in [3.63, 3.8) is 0 Å². The predicted octanol–water partition coefficient (Wildman–Crippen LogP) is 1.12. The van der Waals surface area contributed by atoms with Crippen molar-refractivity contribution in [3.05, 3.63) is 17.8 Å². The van der Waals surface area contributed by atoms with E-state index < -0.39 is 0 Å². The standard InChI is InChI=1S/C14H23N5O/c1-3-15-13-8-7-12(17-18-13)14(20)16-10-11-6-5-9-19(11)4-2/h7-8,11H,3-6,9-10H2,1-2H3,(H,15,18)(H,16,20). The van der Waals surface area contributed by atoms with Crippen LogP contribution < -0.4 is 10.6 Å². The van der Waals surface area contributed by atoms with E-state index in [1.54, 1.807) is 12.1 Å². The van der Waals surface area contributed by atoms with Gasteiger partial charge in [0, 0.05) is 19.1 Å². The number of amides is 1. The van der Waals surface area contributed by atoms with E-state index in [4.69, 9.17) is 0 Å². The van der Waals surface area contributed by atoms with Gasteiger partial charge in [0.15, 0.2) is 5.69 Å². The number of carbonyl (C=O) groups excluding carboxylic acids is 1. The fraction of sp³-hybridized carbons (Fsp3) is 0.643. The average Bonchev–Trinajstić information content (AvgIpc) is 2.93. The third-order valence-corrected chi connectivity index (χ3v) is 3.66. The van der Waals surface area contributed by atoms with E-state index in [1.165, 1.54) is 6.42 Å². The molecule has 2 N–H and O–H groups in total. The van der Waals surface area contributed by atoms with Gasteiger partial charge in [-0.25, -0.2) is 0 Å². The minimum Gasteiger partial charge on any atom is -0.369 e. The number of anilines is 1. The third kappa shape index (κ3) is 3.66. The summed E-state index contributed by atoms with van der Waals surface area (Å²) in [6.45, 7) is 7.79. The summed E-state index contributed by atoms with van der Waals surface area (Å²) in [4.78, 5) is 14.4. The first-order valence-electron chi connectivity index (χ1n) is 7.34. The molecule has 2 heterocycles. The normalized spacial score (nSPS) is 19.0. The maximum absolute atomic E-state index is 12.0. The summed E-state index contributed by atoms with van der Waals surface area (Å²) in [5.74, 6) is 0.542. The van der Waals surface area contributed by atoms with Crippen LogP contribution in [0, 0.1) is 0 Å². The van der Waals surface area contributed by atoms with Gasteiger partial charge in [-0.2, -0.15) is 0 Å². The van der Waals surface area contributed by atoms with E-state index in [-0.39, 0.29) is 5.91 Å². The van der Waals surface area contributed by atoms with E-state index in [0.29, 0.717) is 24.1 Å². The molecule has 1 aromatic heterocycles. The van der Waals surface area contributed by atoms with Crippen molar-refractivity contribution in [3.8, 4) is 0 Å². The monoisotopic (exact) mass is 277 g/mol. The topological polar surface area (TPSA) is 70.2 Å². The van der Waals surface area contributed by atoms with Crippen molar-refractivity contribution >= 4 is 11.7 Å². The molecule has 110 valence electrons. The molecule has 0 radical (unpaired) electrons. The molecule has 6 nitrogen and oxygen atoms in total. The number of likely N-dealkylation sites (N-methyl/N-ethyl adjacent to an activating group) is 1. The molecule has 2 rings (SSSR count). The van der Waals surface area contributed by atoms with Crippen LogP contribution in [-0.4, -0.2) is 53.2 Å². The smallest absolute Gasteiger partial charge is 0.271 e. The number of likely N-dealkylation sites (tertiary alicyclic amines) is 1. The summed E-state index contributed by atoms with van der Waals surface area (Å²) in [6.07, 6.45) is 2.37. The van der Waals surface area contributed by atoms with Crippen molar-refractivity contribution in [1.82, 2.24) is 20.4 Å². The Bertz CT molecular complexity index is 434. The second-order valence-corrected chi connectivity index (χ2v) is 4.97. The number of nitrogens with zero attached hydrogens (tertiary/aromatic N) is 3. The Labute approximate surface area is 120 Å². The van der Waals surface area contributed by atoms with Crippen LogP contribution in [-0.2, 0) is 0 Å².